The van der Waals surface area contributed by atoms with Gasteiger partial charge in [0.1, 0.15) is 5.75 Å². The number of aromatic nitrogens is 1. The van der Waals surface area contributed by atoms with Crippen LogP contribution < -0.4 is 21.1 Å². The van der Waals surface area contributed by atoms with Gasteiger partial charge in [0.2, 0.25) is 0 Å². The number of para-hydroxylation sites is 2. The normalized spacial score (nSPS) is 11.1. The molecule has 7 nitrogen and oxygen atoms in total. The number of carboxylic acid groups (broad SMARTS) is 1. The van der Waals surface area contributed by atoms with E-state index in [2.05, 4.69) is 27.3 Å². The van der Waals surface area contributed by atoms with E-state index in [4.69, 9.17) is 10.8 Å². The van der Waals surface area contributed by atoms with Crippen LogP contribution in [0.2, 0.25) is 0 Å². The maximum Gasteiger partial charge on any atom is 0.573 e. The monoisotopic (exact) mass is 616 g/mol. The molecule has 0 bridgehead atoms. The predicted octanol–water partition coefficient (Wildman–Crippen LogP) is 9.33. The Morgan fingerprint density at radius 2 is 1.60 bits per heavy atom. The molecule has 0 amide bonds. The number of nitrogen functional groups attached to an aromatic ring is 1. The number of halogens is 3. The van der Waals surface area contributed by atoms with Gasteiger partial charge in [-0.15, -0.1) is 13.2 Å². The number of nitrogens with zero attached hydrogens (tertiary/aromatic N) is 1. The number of carboxylic acids is 1. The molecule has 0 spiro atoms. The van der Waals surface area contributed by atoms with Gasteiger partial charge in [-0.3, -0.25) is 0 Å². The highest BCUT2D eigenvalue weighted by molar-refractivity contribution is 7.22. The number of fused-ring (bicyclic) bond motifs is 1. The molecule has 5 N–H and O–H groups in total. The van der Waals surface area contributed by atoms with Gasteiger partial charge in [0, 0.05) is 13.1 Å². The third-order valence-electron chi connectivity index (χ3n) is 6.54. The van der Waals surface area contributed by atoms with E-state index >= 15 is 0 Å². The van der Waals surface area contributed by atoms with Crippen LogP contribution in [0.3, 0.4) is 0 Å². The fourth-order valence-corrected chi connectivity index (χ4v) is 5.16. The maximum atomic E-state index is 12.1. The first-order chi connectivity index (χ1) is 20.6. The van der Waals surface area contributed by atoms with E-state index in [9.17, 15) is 18.0 Å². The lowest BCUT2D eigenvalue weighted by atomic mass is 10.1. The van der Waals surface area contributed by atoms with E-state index in [1.54, 1.807) is 12.1 Å². The van der Waals surface area contributed by atoms with E-state index in [0.29, 0.717) is 17.2 Å². The minimum absolute atomic E-state index is 0.183. The van der Waals surface area contributed by atoms with Crippen molar-refractivity contribution in [3.05, 3.63) is 77.9 Å². The number of hydrogen-bond acceptors (Lipinski definition) is 7. The fraction of sp³-hybridized carbons (Fsp3) is 0.375. The highest BCUT2D eigenvalue weighted by atomic mass is 32.1. The van der Waals surface area contributed by atoms with Crippen LogP contribution in [0.4, 0.5) is 29.7 Å². The lowest BCUT2D eigenvalue weighted by molar-refractivity contribution is -0.274. The van der Waals surface area contributed by atoms with Crippen molar-refractivity contribution >= 4 is 44.0 Å². The predicted molar refractivity (Wildman–Crippen MR) is 169 cm³/mol. The molecule has 1 aromatic heterocycles. The lowest BCUT2D eigenvalue weighted by Crippen LogP contribution is -2.17. The summed E-state index contributed by atoms with van der Waals surface area (Å²) in [4.78, 5) is 15.3. The molecule has 3 aromatic carbocycles. The van der Waals surface area contributed by atoms with Crippen molar-refractivity contribution in [3.8, 4) is 5.75 Å². The van der Waals surface area contributed by atoms with Crippen molar-refractivity contribution in [2.24, 2.45) is 0 Å². The van der Waals surface area contributed by atoms with Crippen LogP contribution in [0.25, 0.3) is 10.2 Å². The van der Waals surface area contributed by atoms with Crippen molar-refractivity contribution in [1.82, 2.24) is 4.98 Å². The van der Waals surface area contributed by atoms with E-state index in [1.807, 2.05) is 24.3 Å². The molecule has 4 aromatic rings. The van der Waals surface area contributed by atoms with Gasteiger partial charge >= 0.3 is 12.3 Å². The van der Waals surface area contributed by atoms with E-state index in [-0.39, 0.29) is 11.3 Å². The van der Waals surface area contributed by atoms with Crippen molar-refractivity contribution in [2.75, 3.05) is 22.9 Å². The Hall–Kier alpha value is -3.99. The summed E-state index contributed by atoms with van der Waals surface area (Å²) in [6, 6.07) is 18.1. The number of benzene rings is 3. The number of thiazole rings is 1. The van der Waals surface area contributed by atoms with Crippen LogP contribution >= 0.6 is 11.3 Å². The first kappa shape index (κ1) is 33.5. The van der Waals surface area contributed by atoms with Crippen LogP contribution in [-0.2, 0) is 6.54 Å². The van der Waals surface area contributed by atoms with Gasteiger partial charge in [0.05, 0.1) is 27.2 Å². The highest BCUT2D eigenvalue weighted by Crippen LogP contribution is 2.28. The van der Waals surface area contributed by atoms with Crippen molar-refractivity contribution in [1.29, 1.82) is 0 Å². The molecule has 0 aliphatic heterocycles. The van der Waals surface area contributed by atoms with Crippen LogP contribution in [-0.4, -0.2) is 29.0 Å². The van der Waals surface area contributed by atoms with Crippen molar-refractivity contribution in [3.63, 3.8) is 0 Å². The average Bonchev–Trinajstić information content (AvgIpc) is 3.39. The fourth-order valence-electron chi connectivity index (χ4n) is 4.26. The molecule has 0 saturated heterocycles. The molecule has 0 aliphatic rings. The van der Waals surface area contributed by atoms with Crippen molar-refractivity contribution < 1.29 is 27.8 Å². The summed E-state index contributed by atoms with van der Waals surface area (Å²) >= 11 is 1.30. The summed E-state index contributed by atoms with van der Waals surface area (Å²) in [7, 11) is 0. The standard InChI is InChI=1S/C16H11F3N2O3S.C16H28N2/c17-16(18,19)24-11-4-1-9(2-5-11)8-20-15-21-12-6-3-10(14(22)23)7-13(12)25-15;1-2-3-4-5-6-7-8-11-14-18-16-13-10-9-12-15(16)17/h1-7H,8H2,(H,20,21)(H,22,23);9-10,12-13,18H,2-8,11,14,17H2,1H3. The second-order valence-corrected chi connectivity index (χ2v) is 11.1. The number of rotatable bonds is 15. The second-order valence-electron chi connectivity index (χ2n) is 10.0. The molecule has 0 saturated carbocycles. The Kier molecular flexibility index (Phi) is 13.4. The van der Waals surface area contributed by atoms with Gasteiger partial charge in [-0.25, -0.2) is 9.78 Å². The zero-order valence-corrected chi connectivity index (χ0v) is 25.1. The minimum atomic E-state index is -4.71. The number of alkyl halides is 3. The number of aromatic carboxylic acids is 1. The maximum absolute atomic E-state index is 12.1. The number of anilines is 3. The molecular formula is C32H39F3N4O3S. The smallest absolute Gasteiger partial charge is 0.478 e. The number of nitrogens with two attached hydrogens (primary N) is 1. The quantitative estimate of drug-likeness (QED) is 0.0778. The van der Waals surface area contributed by atoms with E-state index in [0.717, 1.165) is 28.2 Å². The van der Waals surface area contributed by atoms with Gasteiger partial charge < -0.3 is 26.2 Å². The minimum Gasteiger partial charge on any atom is -0.478 e. The van der Waals surface area contributed by atoms with Gasteiger partial charge in [0.25, 0.3) is 0 Å². The topological polar surface area (TPSA) is 110 Å². The van der Waals surface area contributed by atoms with Gasteiger partial charge in [-0.1, -0.05) is 87.5 Å². The van der Waals surface area contributed by atoms with E-state index in [1.165, 1.54) is 93.0 Å². The number of unbranched alkanes of at least 4 members (excludes halogenated alkanes) is 7. The van der Waals surface area contributed by atoms with Crippen LogP contribution in [0, 0.1) is 0 Å². The first-order valence-electron chi connectivity index (χ1n) is 14.5. The number of carbonyl (C=O) groups is 1. The van der Waals surface area contributed by atoms with Crippen LogP contribution in [0.15, 0.2) is 66.7 Å². The Morgan fingerprint density at radius 1 is 0.930 bits per heavy atom. The third-order valence-corrected chi connectivity index (χ3v) is 7.52. The SMILES string of the molecule is CCCCCCCCCCNc1ccccc1N.O=C(O)c1ccc2nc(NCc3ccc(OC(F)(F)F)cc3)sc2c1. The van der Waals surface area contributed by atoms with Crippen LogP contribution in [0.1, 0.15) is 74.2 Å². The number of ether oxygens (including phenoxy) is 1. The summed E-state index contributed by atoms with van der Waals surface area (Å²) in [5.41, 5.74) is 9.39. The van der Waals surface area contributed by atoms with Crippen molar-refractivity contribution in [2.45, 2.75) is 71.2 Å². The molecule has 0 unspecified atom stereocenters. The lowest BCUT2D eigenvalue weighted by Gasteiger charge is -2.09. The highest BCUT2D eigenvalue weighted by Gasteiger charge is 2.30. The summed E-state index contributed by atoms with van der Waals surface area (Å²) < 4.78 is 40.9. The van der Waals surface area contributed by atoms with Crippen LogP contribution in [0.5, 0.6) is 5.75 Å². The summed E-state index contributed by atoms with van der Waals surface area (Å²) in [5.74, 6) is -1.29. The molecule has 11 heteroatoms. The molecule has 1 heterocycles. The van der Waals surface area contributed by atoms with E-state index < -0.39 is 12.3 Å². The Balaban J connectivity index is 0.000000250. The molecule has 43 heavy (non-hydrogen) atoms. The molecule has 0 radical (unpaired) electrons. The largest absolute Gasteiger partial charge is 0.573 e. The molecule has 232 valence electrons. The Morgan fingerprint density at radius 3 is 2.26 bits per heavy atom. The molecule has 0 aliphatic carbocycles. The Labute approximate surface area is 254 Å². The molecule has 0 fully saturated rings. The first-order valence-corrected chi connectivity index (χ1v) is 15.3. The molecular weight excluding hydrogens is 577 g/mol. The van der Waals surface area contributed by atoms with Gasteiger partial charge in [-0.2, -0.15) is 0 Å². The van der Waals surface area contributed by atoms with Gasteiger partial charge in [-0.05, 0) is 54.4 Å². The third kappa shape index (κ3) is 12.4. The second kappa shape index (κ2) is 17.2. The number of nitrogens with one attached hydrogen (secondary N) is 2. The number of hydrogen-bond donors (Lipinski definition) is 4. The van der Waals surface area contributed by atoms with Gasteiger partial charge in [0.15, 0.2) is 5.13 Å². The zero-order chi connectivity index (χ0) is 31.1. The zero-order valence-electron chi connectivity index (χ0n) is 24.3. The summed E-state index contributed by atoms with van der Waals surface area (Å²) in [5, 5.41) is 16.0. The molecule has 0 atom stereocenters. The summed E-state index contributed by atoms with van der Waals surface area (Å²) in [6.07, 6.45) is 6.17. The average molecular weight is 617 g/mol. The molecule has 4 rings (SSSR count). The Bertz CT molecular complexity index is 1410. The summed E-state index contributed by atoms with van der Waals surface area (Å²) in [6.45, 7) is 3.65.